The molecule has 3 aromatic rings. The van der Waals surface area contributed by atoms with Gasteiger partial charge in [0.05, 0.1) is 9.85 Å². The van der Waals surface area contributed by atoms with E-state index in [9.17, 15) is 0 Å². The Morgan fingerprint density at radius 3 is 2.96 bits per heavy atom. The van der Waals surface area contributed by atoms with Crippen LogP contribution in [0.2, 0.25) is 4.34 Å². The zero-order valence-electron chi connectivity index (χ0n) is 13.3. The van der Waals surface area contributed by atoms with Gasteiger partial charge in [0.25, 0.3) is 0 Å². The number of aromatic nitrogens is 2. The molecule has 0 atom stereocenters. The topological polar surface area (TPSA) is 114 Å². The average Bonchev–Trinajstić information content (AvgIpc) is 3.18. The highest BCUT2D eigenvalue weighted by molar-refractivity contribution is 7.16. The van der Waals surface area contributed by atoms with Gasteiger partial charge in [0.15, 0.2) is 11.7 Å². The van der Waals surface area contributed by atoms with Gasteiger partial charge in [-0.15, -0.1) is 16.4 Å². The number of fused-ring (bicyclic) bond motifs is 1. The number of nitrogens with zero attached hydrogens (tertiary/aromatic N) is 2. The number of hydrogen-bond acceptors (Lipinski definition) is 7. The van der Waals surface area contributed by atoms with Gasteiger partial charge in [-0.05, 0) is 43.3 Å². The highest BCUT2D eigenvalue weighted by Crippen LogP contribution is 2.22. The molecule has 9 heteroatoms. The maximum atomic E-state index is 5.91. The molecule has 2 heterocycles. The van der Waals surface area contributed by atoms with E-state index in [1.807, 2.05) is 24.3 Å². The molecule has 0 amide bonds. The first kappa shape index (κ1) is 17.1. The number of halogens is 1. The lowest BCUT2D eigenvalue weighted by atomic mass is 10.1. The molecule has 6 N–H and O–H groups in total. The van der Waals surface area contributed by atoms with E-state index in [-0.39, 0.29) is 5.90 Å². The van der Waals surface area contributed by atoms with Crippen molar-refractivity contribution in [2.45, 2.75) is 6.42 Å². The maximum absolute atomic E-state index is 5.91. The van der Waals surface area contributed by atoms with Crippen molar-refractivity contribution in [3.05, 3.63) is 57.6 Å². The van der Waals surface area contributed by atoms with Crippen LogP contribution in [-0.2, 0) is 11.2 Å². The second kappa shape index (κ2) is 7.45. The second-order valence-electron chi connectivity index (χ2n) is 5.21. The third kappa shape index (κ3) is 4.04. The highest BCUT2D eigenvalue weighted by Gasteiger charge is 2.11. The van der Waals surface area contributed by atoms with E-state index >= 15 is 0 Å². The molecule has 0 spiro atoms. The molecule has 7 nitrogen and oxygen atoms in total. The summed E-state index contributed by atoms with van der Waals surface area (Å²) < 4.78 is 6.39. The van der Waals surface area contributed by atoms with E-state index in [2.05, 4.69) is 27.2 Å². The van der Waals surface area contributed by atoms with E-state index in [1.54, 1.807) is 17.4 Å². The van der Waals surface area contributed by atoms with Crippen molar-refractivity contribution in [1.29, 1.82) is 0 Å². The van der Waals surface area contributed by atoms with Crippen LogP contribution >= 0.6 is 22.9 Å². The lowest BCUT2D eigenvalue weighted by Crippen LogP contribution is -2.21. The Morgan fingerprint density at radius 1 is 1.40 bits per heavy atom. The fourth-order valence-corrected chi connectivity index (χ4v) is 3.38. The number of hydrazone groups is 1. The summed E-state index contributed by atoms with van der Waals surface area (Å²) in [5.41, 5.74) is 7.32. The van der Waals surface area contributed by atoms with Gasteiger partial charge < -0.3 is 21.6 Å². The number of nitrogens with one attached hydrogen (secondary N) is 2. The third-order valence-corrected chi connectivity index (χ3v) is 4.79. The SMILES string of the molecule is C=C(NCCc1ccc(Cl)s1)O/C(=N\N)c1ccc2[nH]nc(N)c2c1. The van der Waals surface area contributed by atoms with Crippen LogP contribution in [0.4, 0.5) is 5.82 Å². The predicted octanol–water partition coefficient (Wildman–Crippen LogP) is 2.80. The molecule has 0 unspecified atom stereocenters. The fraction of sp³-hybridized carbons (Fsp3) is 0.125. The molecule has 1 aromatic carbocycles. The van der Waals surface area contributed by atoms with Crippen LogP contribution < -0.4 is 16.9 Å². The van der Waals surface area contributed by atoms with Gasteiger partial charge in [0.1, 0.15) is 0 Å². The van der Waals surface area contributed by atoms with Crippen LogP contribution in [-0.4, -0.2) is 22.6 Å². The van der Waals surface area contributed by atoms with Crippen LogP contribution in [0.5, 0.6) is 0 Å². The number of aromatic amines is 1. The summed E-state index contributed by atoms with van der Waals surface area (Å²) in [5.74, 6) is 6.45. The smallest absolute Gasteiger partial charge is 0.244 e. The van der Waals surface area contributed by atoms with Gasteiger partial charge in [-0.3, -0.25) is 5.10 Å². The van der Waals surface area contributed by atoms with E-state index in [0.717, 1.165) is 21.7 Å². The highest BCUT2D eigenvalue weighted by atomic mass is 35.5. The van der Waals surface area contributed by atoms with Crippen LogP contribution in [0.15, 0.2) is 47.9 Å². The number of nitrogens with two attached hydrogens (primary N) is 2. The van der Waals surface area contributed by atoms with Crippen molar-refractivity contribution in [3.8, 4) is 0 Å². The largest absolute Gasteiger partial charge is 0.422 e. The number of hydrogen-bond donors (Lipinski definition) is 4. The number of benzene rings is 1. The summed E-state index contributed by atoms with van der Waals surface area (Å²) in [6.45, 7) is 4.49. The Kier molecular flexibility index (Phi) is 5.11. The van der Waals surface area contributed by atoms with E-state index in [1.165, 1.54) is 4.88 Å². The van der Waals surface area contributed by atoms with Crippen molar-refractivity contribution < 1.29 is 4.74 Å². The van der Waals surface area contributed by atoms with Gasteiger partial charge in [-0.1, -0.05) is 11.6 Å². The fourth-order valence-electron chi connectivity index (χ4n) is 2.29. The molecule has 0 saturated heterocycles. The minimum absolute atomic E-state index is 0.235. The molecule has 0 aliphatic heterocycles. The molecule has 130 valence electrons. The normalized spacial score (nSPS) is 11.6. The van der Waals surface area contributed by atoms with Gasteiger partial charge in [-0.25, -0.2) is 0 Å². The van der Waals surface area contributed by atoms with E-state index < -0.39 is 0 Å². The van der Waals surface area contributed by atoms with Gasteiger partial charge >= 0.3 is 0 Å². The number of H-pyrrole nitrogens is 1. The van der Waals surface area contributed by atoms with Crippen molar-refractivity contribution >= 4 is 45.6 Å². The van der Waals surface area contributed by atoms with Gasteiger partial charge in [-0.2, -0.15) is 5.10 Å². The Morgan fingerprint density at radius 2 is 2.24 bits per heavy atom. The molecular weight excluding hydrogens is 360 g/mol. The standard InChI is InChI=1S/C16H17ClN6OS/c1-9(20-7-6-11-3-5-14(17)25-11)24-16(21-19)10-2-4-13-12(8-10)15(18)23-22-13/h2-5,8,20H,1,6-7,19H2,(H3,18,22,23)/b21-16-. The number of nitrogen functional groups attached to an aromatic ring is 1. The van der Waals surface area contributed by atoms with Crippen molar-refractivity contribution in [3.63, 3.8) is 0 Å². The minimum Gasteiger partial charge on any atom is -0.422 e. The molecule has 3 rings (SSSR count). The monoisotopic (exact) mass is 376 g/mol. The van der Waals surface area contributed by atoms with Gasteiger partial charge in [0.2, 0.25) is 5.90 Å². The molecule has 0 aliphatic rings. The summed E-state index contributed by atoms with van der Waals surface area (Å²) in [7, 11) is 0. The zero-order valence-corrected chi connectivity index (χ0v) is 14.8. The molecule has 0 bridgehead atoms. The average molecular weight is 377 g/mol. The van der Waals surface area contributed by atoms with Crippen LogP contribution in [0.3, 0.4) is 0 Å². The molecular formula is C16H17ClN6OS. The minimum atomic E-state index is 0.235. The van der Waals surface area contributed by atoms with E-state index in [0.29, 0.717) is 23.8 Å². The first-order valence-electron chi connectivity index (χ1n) is 7.43. The van der Waals surface area contributed by atoms with Crippen LogP contribution in [0, 0.1) is 0 Å². The summed E-state index contributed by atoms with van der Waals surface area (Å²) in [6, 6.07) is 9.33. The molecule has 0 aliphatic carbocycles. The summed E-state index contributed by atoms with van der Waals surface area (Å²) >= 11 is 7.46. The number of ether oxygens (including phenoxy) is 1. The molecule has 25 heavy (non-hydrogen) atoms. The number of thiophene rings is 1. The number of anilines is 1. The van der Waals surface area contributed by atoms with Crippen LogP contribution in [0.1, 0.15) is 10.4 Å². The Balaban J connectivity index is 1.60. The Hall–Kier alpha value is -2.71. The van der Waals surface area contributed by atoms with Crippen molar-refractivity contribution in [2.75, 3.05) is 12.3 Å². The first-order chi connectivity index (χ1) is 12.1. The molecule has 0 saturated carbocycles. The third-order valence-electron chi connectivity index (χ3n) is 3.50. The maximum Gasteiger partial charge on any atom is 0.244 e. The Labute approximate surface area is 153 Å². The second-order valence-corrected chi connectivity index (χ2v) is 7.01. The van der Waals surface area contributed by atoms with Crippen molar-refractivity contribution in [1.82, 2.24) is 15.5 Å². The van der Waals surface area contributed by atoms with Gasteiger partial charge in [0, 0.05) is 22.4 Å². The van der Waals surface area contributed by atoms with E-state index in [4.69, 9.17) is 27.9 Å². The predicted molar refractivity (Wildman–Crippen MR) is 102 cm³/mol. The molecule has 2 aromatic heterocycles. The quantitative estimate of drug-likeness (QED) is 0.174. The Bertz CT molecular complexity index is 932. The van der Waals surface area contributed by atoms with Crippen molar-refractivity contribution in [2.24, 2.45) is 10.9 Å². The molecule has 0 radical (unpaired) electrons. The zero-order chi connectivity index (χ0) is 17.8. The van der Waals surface area contributed by atoms with Crippen LogP contribution in [0.25, 0.3) is 10.9 Å². The first-order valence-corrected chi connectivity index (χ1v) is 8.63. The summed E-state index contributed by atoms with van der Waals surface area (Å²) in [4.78, 5) is 1.18. The summed E-state index contributed by atoms with van der Waals surface area (Å²) in [6.07, 6.45) is 0.812. The lowest BCUT2D eigenvalue weighted by Gasteiger charge is -2.12. The summed E-state index contributed by atoms with van der Waals surface area (Å²) in [5, 5.41) is 14.3. The number of rotatable bonds is 6. The lowest BCUT2D eigenvalue weighted by molar-refractivity contribution is 0.373. The molecule has 0 fully saturated rings.